The Morgan fingerprint density at radius 3 is 3.09 bits per heavy atom. The SMILES string of the molecule is C=C/C=C\c1nc(N2CCC3CN(C#N)CC32)[nH]c1CCC. The molecule has 22 heavy (non-hydrogen) atoms. The van der Waals surface area contributed by atoms with Gasteiger partial charge >= 0.3 is 0 Å². The van der Waals surface area contributed by atoms with Crippen LogP contribution >= 0.6 is 0 Å². The van der Waals surface area contributed by atoms with Crippen LogP contribution in [0.3, 0.4) is 0 Å². The number of allylic oxidation sites excluding steroid dienone is 2. The van der Waals surface area contributed by atoms with Crippen LogP contribution in [0.1, 0.15) is 31.2 Å². The van der Waals surface area contributed by atoms with Crippen molar-refractivity contribution in [3.63, 3.8) is 0 Å². The van der Waals surface area contributed by atoms with Gasteiger partial charge in [-0.05, 0) is 18.9 Å². The van der Waals surface area contributed by atoms with Crippen LogP contribution in [-0.4, -0.2) is 40.5 Å². The van der Waals surface area contributed by atoms with Crippen LogP contribution in [0.25, 0.3) is 6.08 Å². The molecule has 2 unspecified atom stereocenters. The third-order valence-corrected chi connectivity index (χ3v) is 4.65. The van der Waals surface area contributed by atoms with Crippen LogP contribution in [0.15, 0.2) is 18.7 Å². The Morgan fingerprint density at radius 1 is 1.50 bits per heavy atom. The van der Waals surface area contributed by atoms with Crippen molar-refractivity contribution in [2.24, 2.45) is 5.92 Å². The fourth-order valence-corrected chi connectivity index (χ4v) is 3.59. The molecule has 0 radical (unpaired) electrons. The van der Waals surface area contributed by atoms with E-state index in [2.05, 4.69) is 29.6 Å². The monoisotopic (exact) mass is 297 g/mol. The number of fused-ring (bicyclic) bond motifs is 1. The van der Waals surface area contributed by atoms with E-state index in [9.17, 15) is 0 Å². The van der Waals surface area contributed by atoms with Crippen molar-refractivity contribution in [2.75, 3.05) is 24.5 Å². The summed E-state index contributed by atoms with van der Waals surface area (Å²) in [5.41, 5.74) is 2.20. The van der Waals surface area contributed by atoms with Crippen molar-refractivity contribution in [3.05, 3.63) is 30.1 Å². The van der Waals surface area contributed by atoms with E-state index in [1.54, 1.807) is 6.08 Å². The third-order valence-electron chi connectivity index (χ3n) is 4.65. The Morgan fingerprint density at radius 2 is 2.36 bits per heavy atom. The van der Waals surface area contributed by atoms with E-state index >= 15 is 0 Å². The summed E-state index contributed by atoms with van der Waals surface area (Å²) in [5.74, 6) is 1.55. The van der Waals surface area contributed by atoms with Crippen molar-refractivity contribution in [1.29, 1.82) is 5.26 Å². The lowest BCUT2D eigenvalue weighted by Gasteiger charge is -2.23. The van der Waals surface area contributed by atoms with E-state index in [1.165, 1.54) is 5.69 Å². The molecule has 2 fully saturated rings. The predicted octanol–water partition coefficient (Wildman–Crippen LogP) is 2.55. The molecule has 3 heterocycles. The molecule has 1 N–H and O–H groups in total. The molecule has 3 rings (SSSR count). The standard InChI is InChI=1S/C17H23N5/c1-3-5-7-15-14(6-4-2)19-17(20-15)22-9-8-13-10-21(12-18)11-16(13)22/h3,5,7,13,16H,1,4,6,8-11H2,2H3,(H,19,20)/b7-5-. The molecule has 0 bridgehead atoms. The second kappa shape index (κ2) is 6.27. The third kappa shape index (κ3) is 2.61. The minimum Gasteiger partial charge on any atom is -0.337 e. The van der Waals surface area contributed by atoms with Crippen molar-refractivity contribution >= 4 is 12.0 Å². The maximum Gasteiger partial charge on any atom is 0.203 e. The molecule has 0 spiro atoms. The van der Waals surface area contributed by atoms with E-state index in [0.29, 0.717) is 12.0 Å². The highest BCUT2D eigenvalue weighted by atomic mass is 15.3. The lowest BCUT2D eigenvalue weighted by molar-refractivity contribution is 0.446. The fourth-order valence-electron chi connectivity index (χ4n) is 3.59. The van der Waals surface area contributed by atoms with Crippen LogP contribution in [-0.2, 0) is 6.42 Å². The average molecular weight is 297 g/mol. The molecule has 2 saturated heterocycles. The quantitative estimate of drug-likeness (QED) is 0.670. The van der Waals surface area contributed by atoms with Gasteiger partial charge in [0.05, 0.1) is 11.7 Å². The van der Waals surface area contributed by atoms with E-state index in [1.807, 2.05) is 17.1 Å². The molecule has 1 aromatic heterocycles. The number of anilines is 1. The van der Waals surface area contributed by atoms with Crippen molar-refractivity contribution in [3.8, 4) is 6.19 Å². The fraction of sp³-hybridized carbons (Fsp3) is 0.529. The topological polar surface area (TPSA) is 59.0 Å². The number of aromatic nitrogens is 2. The van der Waals surface area contributed by atoms with Gasteiger partial charge in [0, 0.05) is 31.2 Å². The number of nitrogens with zero attached hydrogens (tertiary/aromatic N) is 4. The smallest absolute Gasteiger partial charge is 0.203 e. The molecule has 2 aliphatic rings. The van der Waals surface area contributed by atoms with Crippen LogP contribution in [0.5, 0.6) is 0 Å². The molecule has 0 aromatic carbocycles. The largest absolute Gasteiger partial charge is 0.337 e. The van der Waals surface area contributed by atoms with Crippen LogP contribution in [0, 0.1) is 17.4 Å². The molecular formula is C17H23N5. The predicted molar refractivity (Wildman–Crippen MR) is 88.2 cm³/mol. The highest BCUT2D eigenvalue weighted by molar-refractivity contribution is 5.54. The van der Waals surface area contributed by atoms with Gasteiger partial charge in [-0.2, -0.15) is 5.26 Å². The number of hydrogen-bond acceptors (Lipinski definition) is 4. The van der Waals surface area contributed by atoms with E-state index in [4.69, 9.17) is 10.2 Å². The molecule has 2 atom stereocenters. The van der Waals surface area contributed by atoms with Gasteiger partial charge in [0.15, 0.2) is 6.19 Å². The first-order valence-electron chi connectivity index (χ1n) is 8.06. The van der Waals surface area contributed by atoms with E-state index in [0.717, 1.165) is 50.5 Å². The van der Waals surface area contributed by atoms with Crippen LogP contribution < -0.4 is 4.90 Å². The van der Waals surface area contributed by atoms with Crippen molar-refractivity contribution in [1.82, 2.24) is 14.9 Å². The van der Waals surface area contributed by atoms with Crippen molar-refractivity contribution < 1.29 is 0 Å². The highest BCUT2D eigenvalue weighted by Gasteiger charge is 2.42. The first kappa shape index (κ1) is 14.7. The number of H-pyrrole nitrogens is 1. The number of aryl methyl sites for hydroxylation is 1. The summed E-state index contributed by atoms with van der Waals surface area (Å²) in [5, 5.41) is 9.11. The minimum atomic E-state index is 0.413. The normalized spacial score (nSPS) is 24.0. The number of aromatic amines is 1. The van der Waals surface area contributed by atoms with Crippen LogP contribution in [0.4, 0.5) is 5.95 Å². The van der Waals surface area contributed by atoms with Crippen molar-refractivity contribution in [2.45, 2.75) is 32.2 Å². The zero-order valence-electron chi connectivity index (χ0n) is 13.1. The maximum absolute atomic E-state index is 9.11. The van der Waals surface area contributed by atoms with Gasteiger partial charge in [-0.1, -0.05) is 32.1 Å². The van der Waals surface area contributed by atoms with Gasteiger partial charge in [0.2, 0.25) is 5.95 Å². The molecule has 5 heteroatoms. The molecular weight excluding hydrogens is 274 g/mol. The summed E-state index contributed by atoms with van der Waals surface area (Å²) >= 11 is 0. The van der Waals surface area contributed by atoms with Gasteiger partial charge in [-0.3, -0.25) is 0 Å². The Kier molecular flexibility index (Phi) is 4.19. The summed E-state index contributed by atoms with van der Waals surface area (Å²) in [6.07, 6.45) is 11.2. The van der Waals surface area contributed by atoms with E-state index in [-0.39, 0.29) is 0 Å². The Labute approximate surface area is 131 Å². The summed E-state index contributed by atoms with van der Waals surface area (Å²) < 4.78 is 0. The zero-order valence-corrected chi connectivity index (χ0v) is 13.1. The molecule has 116 valence electrons. The van der Waals surface area contributed by atoms with Gasteiger partial charge in [-0.25, -0.2) is 4.98 Å². The molecule has 5 nitrogen and oxygen atoms in total. The lowest BCUT2D eigenvalue weighted by Crippen LogP contribution is -2.35. The average Bonchev–Trinajstić information content (AvgIpc) is 3.18. The minimum absolute atomic E-state index is 0.413. The second-order valence-corrected chi connectivity index (χ2v) is 6.08. The number of likely N-dealkylation sites (tertiary alicyclic amines) is 1. The Balaban J connectivity index is 1.84. The number of nitrogens with one attached hydrogen (secondary N) is 1. The van der Waals surface area contributed by atoms with E-state index < -0.39 is 0 Å². The van der Waals surface area contributed by atoms with Gasteiger partial charge in [0.1, 0.15) is 0 Å². The number of hydrogen-bond donors (Lipinski definition) is 1. The summed E-state index contributed by atoms with van der Waals surface area (Å²) in [4.78, 5) is 12.5. The molecule has 0 aliphatic carbocycles. The molecule has 2 aliphatic heterocycles. The first-order chi connectivity index (χ1) is 10.8. The van der Waals surface area contributed by atoms with Gasteiger partial charge in [0.25, 0.3) is 0 Å². The summed E-state index contributed by atoms with van der Waals surface area (Å²) in [6.45, 7) is 8.64. The summed E-state index contributed by atoms with van der Waals surface area (Å²) in [6, 6.07) is 0.413. The second-order valence-electron chi connectivity index (χ2n) is 6.08. The number of imidazole rings is 1. The van der Waals surface area contributed by atoms with Gasteiger partial charge in [-0.15, -0.1) is 0 Å². The first-order valence-corrected chi connectivity index (χ1v) is 8.06. The highest BCUT2D eigenvalue weighted by Crippen LogP contribution is 2.34. The Hall–Kier alpha value is -2.22. The number of nitriles is 1. The van der Waals surface area contributed by atoms with Crippen LogP contribution in [0.2, 0.25) is 0 Å². The summed E-state index contributed by atoms with van der Waals surface area (Å²) in [7, 11) is 0. The molecule has 1 aromatic rings. The molecule has 0 saturated carbocycles. The lowest BCUT2D eigenvalue weighted by atomic mass is 10.1. The van der Waals surface area contributed by atoms with Gasteiger partial charge < -0.3 is 14.8 Å². The number of rotatable bonds is 5. The molecule has 0 amide bonds. The maximum atomic E-state index is 9.11. The zero-order chi connectivity index (χ0) is 15.5. The Bertz CT molecular complexity index is 609.